The molecule has 0 aliphatic carbocycles. The van der Waals surface area contributed by atoms with Gasteiger partial charge in [-0.3, -0.25) is 0 Å². The first-order chi connectivity index (χ1) is 17.3. The van der Waals surface area contributed by atoms with E-state index in [2.05, 4.69) is 11.7 Å². The zero-order chi connectivity index (χ0) is 27.5. The third kappa shape index (κ3) is 5.72. The zero-order valence-electron chi connectivity index (χ0n) is 21.2. The highest BCUT2D eigenvalue weighted by atomic mass is 19.1. The summed E-state index contributed by atoms with van der Waals surface area (Å²) in [6.45, 7) is 9.34. The lowest BCUT2D eigenvalue weighted by Crippen LogP contribution is -2.45. The maximum absolute atomic E-state index is 15.5. The van der Waals surface area contributed by atoms with Gasteiger partial charge in [0.05, 0.1) is 12.3 Å². The van der Waals surface area contributed by atoms with Crippen LogP contribution in [0, 0.1) is 17.6 Å². The molecule has 0 aromatic heterocycles. The Morgan fingerprint density at radius 3 is 2.41 bits per heavy atom. The predicted octanol–water partition coefficient (Wildman–Crippen LogP) is 6.32. The summed E-state index contributed by atoms with van der Waals surface area (Å²) in [5, 5.41) is 16.1. The fourth-order valence-corrected chi connectivity index (χ4v) is 3.63. The molecule has 198 valence electrons. The molecule has 0 bridgehead atoms. The molecule has 2 aromatic rings. The van der Waals surface area contributed by atoms with E-state index in [-0.39, 0.29) is 35.0 Å². The monoisotopic (exact) mass is 517 g/mol. The zero-order valence-corrected chi connectivity index (χ0v) is 21.2. The summed E-state index contributed by atoms with van der Waals surface area (Å²) in [7, 11) is 0. The molecule has 0 radical (unpaired) electrons. The van der Waals surface area contributed by atoms with Crippen molar-refractivity contribution in [2.75, 3.05) is 6.61 Å². The van der Waals surface area contributed by atoms with Crippen LogP contribution in [0.1, 0.15) is 45.2 Å². The molecule has 1 heterocycles. The van der Waals surface area contributed by atoms with Gasteiger partial charge in [0.15, 0.2) is 23.2 Å². The van der Waals surface area contributed by atoms with Gasteiger partial charge in [-0.1, -0.05) is 50.8 Å². The van der Waals surface area contributed by atoms with E-state index in [1.54, 1.807) is 30.3 Å². The molecule has 0 fully saturated rings. The lowest BCUT2D eigenvalue weighted by molar-refractivity contribution is -0.0956. The Balaban J connectivity index is 1.81. The van der Waals surface area contributed by atoms with Crippen LogP contribution in [0.15, 0.2) is 77.9 Å². The number of alkyl halides is 1. The van der Waals surface area contributed by atoms with Crippen molar-refractivity contribution in [3.05, 3.63) is 95.6 Å². The number of amidine groups is 1. The molecule has 0 saturated heterocycles. The SMILES string of the molecule is C=C1C(F)=C(c2ccc(F)c(OCCC(C)(F)C(C)(O)c3ccccc3)c2F)C=CN1/N=C(/N)C(C)C. The van der Waals surface area contributed by atoms with Crippen molar-refractivity contribution in [1.82, 2.24) is 5.01 Å². The number of nitrogens with two attached hydrogens (primary N) is 1. The summed E-state index contributed by atoms with van der Waals surface area (Å²) in [6.07, 6.45) is 2.24. The van der Waals surface area contributed by atoms with Gasteiger partial charge in [-0.25, -0.2) is 22.6 Å². The maximum atomic E-state index is 15.5. The molecule has 0 spiro atoms. The molecule has 37 heavy (non-hydrogen) atoms. The number of nitrogens with zero attached hydrogens (tertiary/aromatic N) is 2. The van der Waals surface area contributed by atoms with Gasteiger partial charge in [0.2, 0.25) is 0 Å². The summed E-state index contributed by atoms with van der Waals surface area (Å²) >= 11 is 0. The van der Waals surface area contributed by atoms with Crippen LogP contribution in [0.5, 0.6) is 5.75 Å². The summed E-state index contributed by atoms with van der Waals surface area (Å²) in [6, 6.07) is 10.2. The number of halogens is 4. The number of aliphatic hydroxyl groups is 1. The molecule has 3 N–H and O–H groups in total. The molecule has 3 rings (SSSR count). The molecular formula is C28H31F4N3O2. The fourth-order valence-electron chi connectivity index (χ4n) is 3.63. The second-order valence-electron chi connectivity index (χ2n) is 9.49. The van der Waals surface area contributed by atoms with E-state index in [9.17, 15) is 9.50 Å². The molecule has 2 unspecified atom stereocenters. The van der Waals surface area contributed by atoms with Crippen molar-refractivity contribution >= 4 is 11.4 Å². The Kier molecular flexibility index (Phi) is 8.17. The number of benzene rings is 2. The van der Waals surface area contributed by atoms with Crippen molar-refractivity contribution in [3.8, 4) is 5.75 Å². The lowest BCUT2D eigenvalue weighted by atomic mass is 9.80. The number of ether oxygens (including phenoxy) is 1. The van der Waals surface area contributed by atoms with Crippen LogP contribution in [-0.4, -0.2) is 28.2 Å². The van der Waals surface area contributed by atoms with E-state index in [0.717, 1.165) is 17.1 Å². The van der Waals surface area contributed by atoms with Crippen molar-refractivity contribution in [3.63, 3.8) is 0 Å². The highest BCUT2D eigenvalue weighted by Crippen LogP contribution is 2.39. The quantitative estimate of drug-likeness (QED) is 0.232. The highest BCUT2D eigenvalue weighted by molar-refractivity contribution is 5.83. The molecule has 9 heteroatoms. The topological polar surface area (TPSA) is 71.1 Å². The predicted molar refractivity (Wildman–Crippen MR) is 137 cm³/mol. The van der Waals surface area contributed by atoms with Gasteiger partial charge >= 0.3 is 0 Å². The molecule has 2 atom stereocenters. The van der Waals surface area contributed by atoms with Gasteiger partial charge in [-0.2, -0.15) is 5.10 Å². The Morgan fingerprint density at radius 1 is 1.14 bits per heavy atom. The number of hydrogen-bond acceptors (Lipinski definition) is 4. The number of hydrazone groups is 1. The van der Waals surface area contributed by atoms with Crippen LogP contribution >= 0.6 is 0 Å². The van der Waals surface area contributed by atoms with Gasteiger partial charge in [-0.05, 0) is 37.6 Å². The van der Waals surface area contributed by atoms with Gasteiger partial charge in [-0.15, -0.1) is 0 Å². The average molecular weight is 518 g/mol. The van der Waals surface area contributed by atoms with Crippen LogP contribution < -0.4 is 10.5 Å². The summed E-state index contributed by atoms with van der Waals surface area (Å²) in [5.74, 6) is -3.70. The van der Waals surface area contributed by atoms with Gasteiger partial charge in [0.1, 0.15) is 17.1 Å². The molecule has 2 aromatic carbocycles. The van der Waals surface area contributed by atoms with Crippen molar-refractivity contribution < 1.29 is 27.4 Å². The summed E-state index contributed by atoms with van der Waals surface area (Å²) < 4.78 is 65.7. The van der Waals surface area contributed by atoms with E-state index in [0.29, 0.717) is 5.56 Å². The minimum Gasteiger partial charge on any atom is -0.487 e. The molecule has 1 aliphatic heterocycles. The fraction of sp³-hybridized carbons (Fsp3) is 0.321. The largest absolute Gasteiger partial charge is 0.487 e. The van der Waals surface area contributed by atoms with Crippen LogP contribution in [0.3, 0.4) is 0 Å². The van der Waals surface area contributed by atoms with E-state index in [1.165, 1.54) is 26.1 Å². The van der Waals surface area contributed by atoms with E-state index < -0.39 is 41.1 Å². The first-order valence-corrected chi connectivity index (χ1v) is 11.8. The third-order valence-electron chi connectivity index (χ3n) is 6.47. The van der Waals surface area contributed by atoms with Crippen LogP contribution in [0.2, 0.25) is 0 Å². The number of allylic oxidation sites excluding steroid dienone is 3. The van der Waals surface area contributed by atoms with Gasteiger partial charge in [0, 0.05) is 29.7 Å². The second-order valence-corrected chi connectivity index (χ2v) is 9.49. The molecule has 5 nitrogen and oxygen atoms in total. The van der Waals surface area contributed by atoms with Crippen LogP contribution in [0.25, 0.3) is 5.57 Å². The molecule has 0 amide bonds. The maximum Gasteiger partial charge on any atom is 0.191 e. The molecular weight excluding hydrogens is 486 g/mol. The van der Waals surface area contributed by atoms with Crippen molar-refractivity contribution in [2.45, 2.75) is 45.4 Å². The third-order valence-corrected chi connectivity index (χ3v) is 6.47. The standard InChI is InChI=1S/C28H31F4N3O2/c1-17(2)26(33)34-35-15-13-21(23(30)18(35)3)20-11-12-22(29)25(24(20)31)37-16-14-27(4,32)28(5,36)19-9-7-6-8-10-19/h6-13,15,17,36H,3,14,16H2,1-2,4-5H3,(H2,33,34). The van der Waals surface area contributed by atoms with Crippen molar-refractivity contribution in [2.24, 2.45) is 16.8 Å². The smallest absolute Gasteiger partial charge is 0.191 e. The highest BCUT2D eigenvalue weighted by Gasteiger charge is 2.45. The normalized spacial score (nSPS) is 17.7. The summed E-state index contributed by atoms with van der Waals surface area (Å²) in [5.41, 5.74) is 1.46. The number of rotatable bonds is 9. The average Bonchev–Trinajstić information content (AvgIpc) is 2.85. The van der Waals surface area contributed by atoms with Crippen LogP contribution in [0.4, 0.5) is 17.6 Å². The summed E-state index contributed by atoms with van der Waals surface area (Å²) in [4.78, 5) is 0. The second kappa shape index (κ2) is 10.8. The first kappa shape index (κ1) is 28.0. The van der Waals surface area contributed by atoms with E-state index in [4.69, 9.17) is 10.5 Å². The van der Waals surface area contributed by atoms with Gasteiger partial charge < -0.3 is 15.6 Å². The van der Waals surface area contributed by atoms with Crippen LogP contribution in [-0.2, 0) is 5.60 Å². The molecule has 1 aliphatic rings. The van der Waals surface area contributed by atoms with Crippen molar-refractivity contribution in [1.29, 1.82) is 0 Å². The number of hydrogen-bond donors (Lipinski definition) is 2. The van der Waals surface area contributed by atoms with Gasteiger partial charge in [0.25, 0.3) is 0 Å². The first-order valence-electron chi connectivity index (χ1n) is 11.8. The Labute approximate surface area is 214 Å². The Morgan fingerprint density at radius 2 is 1.78 bits per heavy atom. The lowest BCUT2D eigenvalue weighted by Gasteiger charge is -2.36. The minimum absolute atomic E-state index is 0.0912. The minimum atomic E-state index is -2.20. The van der Waals surface area contributed by atoms with E-state index in [1.807, 2.05) is 13.8 Å². The molecule has 0 saturated carbocycles. The van der Waals surface area contributed by atoms with E-state index >= 15 is 13.2 Å². The Bertz CT molecular complexity index is 1250. The Hall–Kier alpha value is -3.59.